The van der Waals surface area contributed by atoms with Crippen LogP contribution in [-0.2, 0) is 6.18 Å². The molecule has 0 unspecified atom stereocenters. The van der Waals surface area contributed by atoms with Crippen molar-refractivity contribution in [2.24, 2.45) is 0 Å². The van der Waals surface area contributed by atoms with E-state index in [1.54, 1.807) is 24.3 Å². The van der Waals surface area contributed by atoms with E-state index in [1.165, 1.54) is 0 Å². The second-order valence-electron chi connectivity index (χ2n) is 5.43. The number of nitrogen functional groups attached to an aromatic ring is 1. The van der Waals surface area contributed by atoms with Crippen LogP contribution in [0, 0.1) is 11.3 Å². The Hall–Kier alpha value is -2.05. The summed E-state index contributed by atoms with van der Waals surface area (Å²) in [5.74, 6) is 0.0139. The van der Waals surface area contributed by atoms with Crippen molar-refractivity contribution < 1.29 is 13.2 Å². The predicted octanol–water partition coefficient (Wildman–Crippen LogP) is 6.46. The molecule has 0 atom stereocenters. The summed E-state index contributed by atoms with van der Waals surface area (Å²) in [6.45, 7) is 0. The molecule has 0 fully saturated rings. The number of hydrogen-bond donors (Lipinski definition) is 1. The van der Waals surface area contributed by atoms with Gasteiger partial charge in [-0.25, -0.2) is 4.68 Å². The van der Waals surface area contributed by atoms with Gasteiger partial charge in [0, 0.05) is 9.92 Å². The number of nitrogens with zero attached hydrogens (tertiary/aromatic N) is 3. The molecule has 0 aliphatic heterocycles. The van der Waals surface area contributed by atoms with Crippen LogP contribution in [0.1, 0.15) is 11.3 Å². The van der Waals surface area contributed by atoms with Crippen LogP contribution in [0.3, 0.4) is 0 Å². The smallest absolute Gasteiger partial charge is 0.383 e. The maximum atomic E-state index is 12.9. The Morgan fingerprint density at radius 1 is 1.07 bits per heavy atom. The number of halogens is 6. The Balaban J connectivity index is 2.11. The standard InChI is InChI=1S/C17H8Cl3F3N4S/c18-9-1-3-10(4-2-9)28-15-13(7-24)26-27(16(15)25)14-11(19)5-8(6-12(14)20)17(21,22)23/h1-6H,25H2. The molecule has 0 bridgehead atoms. The van der Waals surface area contributed by atoms with Gasteiger partial charge in [0.25, 0.3) is 0 Å². The van der Waals surface area contributed by atoms with Crippen molar-refractivity contribution in [1.82, 2.24) is 9.78 Å². The van der Waals surface area contributed by atoms with E-state index >= 15 is 0 Å². The summed E-state index contributed by atoms with van der Waals surface area (Å²) in [4.78, 5) is 1.05. The predicted molar refractivity (Wildman–Crippen MR) is 103 cm³/mol. The van der Waals surface area contributed by atoms with Gasteiger partial charge in [0.1, 0.15) is 17.6 Å². The van der Waals surface area contributed by atoms with Crippen molar-refractivity contribution in [3.05, 3.63) is 62.7 Å². The van der Waals surface area contributed by atoms with E-state index in [4.69, 9.17) is 40.5 Å². The summed E-state index contributed by atoms with van der Waals surface area (Å²) in [5.41, 5.74) is 5.04. The van der Waals surface area contributed by atoms with Gasteiger partial charge in [0.15, 0.2) is 5.69 Å². The molecule has 28 heavy (non-hydrogen) atoms. The van der Waals surface area contributed by atoms with E-state index < -0.39 is 11.7 Å². The zero-order valence-electron chi connectivity index (χ0n) is 13.6. The first-order valence-corrected chi connectivity index (χ1v) is 9.35. The number of anilines is 1. The number of alkyl halides is 3. The van der Waals surface area contributed by atoms with Crippen LogP contribution < -0.4 is 5.73 Å². The molecule has 3 aromatic rings. The largest absolute Gasteiger partial charge is 0.416 e. The van der Waals surface area contributed by atoms with Crippen LogP contribution in [0.15, 0.2) is 46.2 Å². The van der Waals surface area contributed by atoms with Crippen LogP contribution in [0.5, 0.6) is 0 Å². The zero-order valence-corrected chi connectivity index (χ0v) is 16.6. The van der Waals surface area contributed by atoms with E-state index in [0.717, 1.165) is 33.5 Å². The first-order valence-electron chi connectivity index (χ1n) is 7.40. The molecule has 0 saturated heterocycles. The van der Waals surface area contributed by atoms with Gasteiger partial charge in [-0.2, -0.15) is 23.5 Å². The van der Waals surface area contributed by atoms with Gasteiger partial charge in [0.05, 0.1) is 20.5 Å². The molecule has 4 nitrogen and oxygen atoms in total. The number of hydrogen-bond acceptors (Lipinski definition) is 4. The number of nitriles is 1. The highest BCUT2D eigenvalue weighted by molar-refractivity contribution is 7.99. The number of benzene rings is 2. The molecule has 2 aromatic carbocycles. The van der Waals surface area contributed by atoms with Gasteiger partial charge in [-0.1, -0.05) is 46.6 Å². The highest BCUT2D eigenvalue weighted by atomic mass is 35.5. The van der Waals surface area contributed by atoms with Crippen LogP contribution >= 0.6 is 46.6 Å². The molecule has 0 spiro atoms. The topological polar surface area (TPSA) is 67.6 Å². The summed E-state index contributed by atoms with van der Waals surface area (Å²) in [6.07, 6.45) is -4.62. The van der Waals surface area contributed by atoms with Crippen molar-refractivity contribution in [1.29, 1.82) is 5.26 Å². The Labute approximate surface area is 176 Å². The molecule has 1 heterocycles. The van der Waals surface area contributed by atoms with E-state index in [2.05, 4.69) is 5.10 Å². The first-order chi connectivity index (χ1) is 13.1. The molecule has 0 amide bonds. The van der Waals surface area contributed by atoms with Crippen LogP contribution in [0.25, 0.3) is 5.69 Å². The summed E-state index contributed by atoms with van der Waals surface area (Å²) < 4.78 is 39.9. The summed E-state index contributed by atoms with van der Waals surface area (Å²) >= 11 is 19.1. The third kappa shape index (κ3) is 4.03. The Morgan fingerprint density at radius 2 is 1.64 bits per heavy atom. The lowest BCUT2D eigenvalue weighted by atomic mass is 10.2. The van der Waals surface area contributed by atoms with Crippen molar-refractivity contribution >= 4 is 52.4 Å². The van der Waals surface area contributed by atoms with Gasteiger partial charge in [0.2, 0.25) is 0 Å². The summed E-state index contributed by atoms with van der Waals surface area (Å²) in [5, 5.41) is 13.4. The molecular weight excluding hydrogens is 456 g/mol. The SMILES string of the molecule is N#Cc1nn(-c2c(Cl)cc(C(F)(F)F)cc2Cl)c(N)c1Sc1ccc(Cl)cc1. The minimum Gasteiger partial charge on any atom is -0.383 e. The normalized spacial score (nSPS) is 11.5. The van der Waals surface area contributed by atoms with Crippen molar-refractivity contribution in [2.45, 2.75) is 16.0 Å². The molecule has 11 heteroatoms. The maximum Gasteiger partial charge on any atom is 0.416 e. The maximum absolute atomic E-state index is 12.9. The minimum absolute atomic E-state index is 0.0139. The summed E-state index contributed by atoms with van der Waals surface area (Å²) in [7, 11) is 0. The average molecular weight is 464 g/mol. The van der Waals surface area contributed by atoms with Gasteiger partial charge < -0.3 is 5.73 Å². The molecule has 2 N–H and O–H groups in total. The average Bonchev–Trinajstić information content (AvgIpc) is 2.91. The second-order valence-corrected chi connectivity index (χ2v) is 7.76. The molecule has 3 rings (SSSR count). The minimum atomic E-state index is -4.62. The molecular formula is C17H8Cl3F3N4S. The molecule has 0 radical (unpaired) electrons. The summed E-state index contributed by atoms with van der Waals surface area (Å²) in [6, 6.07) is 10.1. The third-order valence-electron chi connectivity index (χ3n) is 3.57. The number of rotatable bonds is 3. The van der Waals surface area contributed by atoms with Gasteiger partial charge in [-0.05, 0) is 36.4 Å². The van der Waals surface area contributed by atoms with E-state index in [9.17, 15) is 18.4 Å². The third-order valence-corrected chi connectivity index (χ3v) is 5.51. The van der Waals surface area contributed by atoms with Crippen LogP contribution in [0.4, 0.5) is 19.0 Å². The Kier molecular flexibility index (Phi) is 5.73. The van der Waals surface area contributed by atoms with Crippen molar-refractivity contribution in [3.8, 4) is 11.8 Å². The van der Waals surface area contributed by atoms with E-state index in [0.29, 0.717) is 9.92 Å². The van der Waals surface area contributed by atoms with E-state index in [-0.39, 0.29) is 27.2 Å². The first kappa shape index (κ1) is 20.7. The number of nitrogens with two attached hydrogens (primary N) is 1. The molecule has 1 aromatic heterocycles. The quantitative estimate of drug-likeness (QED) is 0.484. The number of aromatic nitrogens is 2. The Bertz CT molecular complexity index is 1070. The van der Waals surface area contributed by atoms with Crippen LogP contribution in [0.2, 0.25) is 15.1 Å². The second kappa shape index (κ2) is 7.76. The lowest BCUT2D eigenvalue weighted by Gasteiger charge is -2.13. The fraction of sp³-hybridized carbons (Fsp3) is 0.0588. The van der Waals surface area contributed by atoms with Gasteiger partial charge >= 0.3 is 6.18 Å². The fourth-order valence-corrected chi connectivity index (χ4v) is 3.97. The van der Waals surface area contributed by atoms with Gasteiger partial charge in [-0.15, -0.1) is 0 Å². The zero-order chi connectivity index (χ0) is 20.6. The van der Waals surface area contributed by atoms with Crippen molar-refractivity contribution in [2.75, 3.05) is 5.73 Å². The Morgan fingerprint density at radius 3 is 2.14 bits per heavy atom. The molecule has 144 valence electrons. The highest BCUT2D eigenvalue weighted by Crippen LogP contribution is 2.41. The molecule has 0 aliphatic carbocycles. The lowest BCUT2D eigenvalue weighted by molar-refractivity contribution is -0.137. The van der Waals surface area contributed by atoms with Crippen LogP contribution in [-0.4, -0.2) is 9.78 Å². The monoisotopic (exact) mass is 462 g/mol. The molecule has 0 aliphatic rings. The highest BCUT2D eigenvalue weighted by Gasteiger charge is 2.33. The fourth-order valence-electron chi connectivity index (χ4n) is 2.31. The van der Waals surface area contributed by atoms with Crippen molar-refractivity contribution in [3.63, 3.8) is 0 Å². The molecule has 0 saturated carbocycles. The lowest BCUT2D eigenvalue weighted by Crippen LogP contribution is -2.08. The van der Waals surface area contributed by atoms with Gasteiger partial charge in [-0.3, -0.25) is 0 Å². The van der Waals surface area contributed by atoms with E-state index in [1.807, 2.05) is 6.07 Å².